The normalized spacial score (nSPS) is 24.1. The average Bonchev–Trinajstić information content (AvgIpc) is 2.73. The molecule has 2 rings (SSSR count). The van der Waals surface area contributed by atoms with Crippen molar-refractivity contribution in [1.82, 2.24) is 5.32 Å². The first-order chi connectivity index (χ1) is 10.2. The van der Waals surface area contributed by atoms with Gasteiger partial charge in [0.2, 0.25) is 5.91 Å². The fourth-order valence-electron chi connectivity index (χ4n) is 3.24. The van der Waals surface area contributed by atoms with Crippen LogP contribution in [0.3, 0.4) is 0 Å². The lowest BCUT2D eigenvalue weighted by Crippen LogP contribution is -2.41. The van der Waals surface area contributed by atoms with Crippen LogP contribution >= 0.6 is 0 Å². The molecule has 0 heterocycles. The molecule has 1 aliphatic carbocycles. The molecule has 1 aliphatic rings. The highest BCUT2D eigenvalue weighted by Crippen LogP contribution is 2.24. The Morgan fingerprint density at radius 3 is 2.67 bits per heavy atom. The van der Waals surface area contributed by atoms with E-state index in [-0.39, 0.29) is 30.4 Å². The predicted molar refractivity (Wildman–Crippen MR) is 85.1 cm³/mol. The number of amides is 1. The highest BCUT2D eigenvalue weighted by molar-refractivity contribution is 5.77. The van der Waals surface area contributed by atoms with Gasteiger partial charge in [-0.05, 0) is 24.3 Å². The first kappa shape index (κ1) is 16.0. The van der Waals surface area contributed by atoms with E-state index in [0.717, 1.165) is 25.7 Å². The molecule has 0 spiro atoms. The van der Waals surface area contributed by atoms with Crippen LogP contribution in [0.4, 0.5) is 0 Å². The standard InChI is InChI=1S/C18H27NO2/c1-14(15-8-4-2-5-9-15)12-18(21)19-17-11-7-3-6-10-16(17)13-20/h2,4-5,8-9,14,16-17,20H,3,6-7,10-13H2,1H3,(H,19,21). The zero-order valence-electron chi connectivity index (χ0n) is 12.9. The molecule has 21 heavy (non-hydrogen) atoms. The molecule has 1 saturated carbocycles. The Hall–Kier alpha value is -1.35. The Morgan fingerprint density at radius 1 is 1.24 bits per heavy atom. The number of hydrogen-bond donors (Lipinski definition) is 2. The zero-order chi connectivity index (χ0) is 15.1. The second kappa shape index (κ2) is 8.18. The van der Waals surface area contributed by atoms with Crippen LogP contribution < -0.4 is 5.32 Å². The summed E-state index contributed by atoms with van der Waals surface area (Å²) >= 11 is 0. The number of aliphatic hydroxyl groups excluding tert-OH is 1. The number of aliphatic hydroxyl groups is 1. The van der Waals surface area contributed by atoms with Gasteiger partial charge in [0, 0.05) is 25.0 Å². The second-order valence-electron chi connectivity index (χ2n) is 6.27. The third-order valence-electron chi connectivity index (χ3n) is 4.60. The fraction of sp³-hybridized carbons (Fsp3) is 0.611. The molecule has 0 bridgehead atoms. The summed E-state index contributed by atoms with van der Waals surface area (Å²) in [5.41, 5.74) is 1.20. The van der Waals surface area contributed by atoms with Crippen molar-refractivity contribution in [2.45, 2.75) is 57.4 Å². The van der Waals surface area contributed by atoms with Crippen molar-refractivity contribution in [3.8, 4) is 0 Å². The first-order valence-electron chi connectivity index (χ1n) is 8.16. The van der Waals surface area contributed by atoms with Crippen LogP contribution in [0.25, 0.3) is 0 Å². The van der Waals surface area contributed by atoms with E-state index in [4.69, 9.17) is 0 Å². The Kier molecular flexibility index (Phi) is 6.24. The molecule has 1 amide bonds. The highest BCUT2D eigenvalue weighted by atomic mass is 16.3. The third kappa shape index (κ3) is 4.85. The van der Waals surface area contributed by atoms with Gasteiger partial charge in [-0.1, -0.05) is 56.5 Å². The van der Waals surface area contributed by atoms with Gasteiger partial charge in [0.25, 0.3) is 0 Å². The molecule has 3 atom stereocenters. The van der Waals surface area contributed by atoms with Crippen LogP contribution in [-0.2, 0) is 4.79 Å². The summed E-state index contributed by atoms with van der Waals surface area (Å²) in [7, 11) is 0. The Morgan fingerprint density at radius 2 is 1.95 bits per heavy atom. The maximum atomic E-state index is 12.3. The van der Waals surface area contributed by atoms with E-state index < -0.39 is 0 Å². The first-order valence-corrected chi connectivity index (χ1v) is 8.16. The van der Waals surface area contributed by atoms with E-state index in [1.165, 1.54) is 12.0 Å². The largest absolute Gasteiger partial charge is 0.396 e. The molecular formula is C18H27NO2. The van der Waals surface area contributed by atoms with Gasteiger partial charge >= 0.3 is 0 Å². The molecule has 0 aliphatic heterocycles. The Balaban J connectivity index is 1.88. The van der Waals surface area contributed by atoms with Gasteiger partial charge < -0.3 is 10.4 Å². The topological polar surface area (TPSA) is 49.3 Å². The van der Waals surface area contributed by atoms with Gasteiger partial charge in [0.15, 0.2) is 0 Å². The summed E-state index contributed by atoms with van der Waals surface area (Å²) in [6, 6.07) is 10.3. The van der Waals surface area contributed by atoms with Crippen LogP contribution in [0.2, 0.25) is 0 Å². The fourth-order valence-corrected chi connectivity index (χ4v) is 3.24. The van der Waals surface area contributed by atoms with Crippen molar-refractivity contribution >= 4 is 5.91 Å². The van der Waals surface area contributed by atoms with Crippen molar-refractivity contribution in [1.29, 1.82) is 0 Å². The number of carbonyl (C=O) groups is 1. The van der Waals surface area contributed by atoms with Gasteiger partial charge in [0.05, 0.1) is 0 Å². The average molecular weight is 289 g/mol. The van der Waals surface area contributed by atoms with Crippen LogP contribution in [-0.4, -0.2) is 23.7 Å². The van der Waals surface area contributed by atoms with E-state index >= 15 is 0 Å². The van der Waals surface area contributed by atoms with Gasteiger partial charge in [-0.15, -0.1) is 0 Å². The van der Waals surface area contributed by atoms with Crippen molar-refractivity contribution < 1.29 is 9.90 Å². The second-order valence-corrected chi connectivity index (χ2v) is 6.27. The molecule has 1 fully saturated rings. The number of nitrogens with one attached hydrogen (secondary N) is 1. The molecule has 1 aromatic rings. The van der Waals surface area contributed by atoms with E-state index in [1.54, 1.807) is 0 Å². The molecule has 0 radical (unpaired) electrons. The smallest absolute Gasteiger partial charge is 0.220 e. The van der Waals surface area contributed by atoms with Gasteiger partial charge in [-0.3, -0.25) is 4.79 Å². The van der Waals surface area contributed by atoms with Crippen molar-refractivity contribution in [3.05, 3.63) is 35.9 Å². The number of rotatable bonds is 5. The van der Waals surface area contributed by atoms with Crippen molar-refractivity contribution in [2.24, 2.45) is 5.92 Å². The van der Waals surface area contributed by atoms with Gasteiger partial charge in [0.1, 0.15) is 0 Å². The molecule has 2 N–H and O–H groups in total. The predicted octanol–water partition coefficient (Wildman–Crippen LogP) is 3.24. The Labute approximate surface area is 127 Å². The lowest BCUT2D eigenvalue weighted by Gasteiger charge is -2.25. The summed E-state index contributed by atoms with van der Waals surface area (Å²) in [5, 5.41) is 12.7. The minimum Gasteiger partial charge on any atom is -0.396 e. The Bertz CT molecular complexity index is 432. The quantitative estimate of drug-likeness (QED) is 0.818. The maximum Gasteiger partial charge on any atom is 0.220 e. The van der Waals surface area contributed by atoms with Crippen LogP contribution in [0.5, 0.6) is 0 Å². The molecular weight excluding hydrogens is 262 g/mol. The van der Waals surface area contributed by atoms with Crippen LogP contribution in [0, 0.1) is 5.92 Å². The lowest BCUT2D eigenvalue weighted by molar-refractivity contribution is -0.122. The van der Waals surface area contributed by atoms with Crippen LogP contribution in [0.15, 0.2) is 30.3 Å². The van der Waals surface area contributed by atoms with E-state index in [2.05, 4.69) is 24.4 Å². The molecule has 3 heteroatoms. The maximum absolute atomic E-state index is 12.3. The minimum absolute atomic E-state index is 0.108. The summed E-state index contributed by atoms with van der Waals surface area (Å²) in [4.78, 5) is 12.3. The van der Waals surface area contributed by atoms with E-state index in [9.17, 15) is 9.90 Å². The van der Waals surface area contributed by atoms with E-state index in [1.807, 2.05) is 18.2 Å². The van der Waals surface area contributed by atoms with Gasteiger partial charge in [-0.25, -0.2) is 0 Å². The summed E-state index contributed by atoms with van der Waals surface area (Å²) in [6.45, 7) is 2.27. The monoisotopic (exact) mass is 289 g/mol. The van der Waals surface area contributed by atoms with Gasteiger partial charge in [-0.2, -0.15) is 0 Å². The number of hydrogen-bond acceptors (Lipinski definition) is 2. The molecule has 0 aromatic heterocycles. The lowest BCUT2D eigenvalue weighted by atomic mass is 9.94. The molecule has 1 aromatic carbocycles. The zero-order valence-corrected chi connectivity index (χ0v) is 12.9. The molecule has 0 saturated heterocycles. The molecule has 116 valence electrons. The summed E-state index contributed by atoms with van der Waals surface area (Å²) in [5.74, 6) is 0.560. The molecule has 3 unspecified atom stereocenters. The number of benzene rings is 1. The highest BCUT2D eigenvalue weighted by Gasteiger charge is 2.25. The minimum atomic E-state index is 0.108. The van der Waals surface area contributed by atoms with Crippen molar-refractivity contribution in [3.63, 3.8) is 0 Å². The van der Waals surface area contributed by atoms with Crippen LogP contribution in [0.1, 0.15) is 56.9 Å². The summed E-state index contributed by atoms with van der Waals surface area (Å²) in [6.07, 6.45) is 6.06. The van der Waals surface area contributed by atoms with Crippen molar-refractivity contribution in [2.75, 3.05) is 6.61 Å². The molecule has 3 nitrogen and oxygen atoms in total. The van der Waals surface area contributed by atoms with E-state index in [0.29, 0.717) is 6.42 Å². The third-order valence-corrected chi connectivity index (χ3v) is 4.60. The summed E-state index contributed by atoms with van der Waals surface area (Å²) < 4.78 is 0. The number of carbonyl (C=O) groups excluding carboxylic acids is 1. The SMILES string of the molecule is CC(CC(=O)NC1CCCCCC1CO)c1ccccc1.